The first-order chi connectivity index (χ1) is 30.7. The van der Waals surface area contributed by atoms with Gasteiger partial charge in [-0.15, -0.1) is 11.3 Å². The van der Waals surface area contributed by atoms with Crippen molar-refractivity contribution < 1.29 is 4.42 Å². The zero-order valence-electron chi connectivity index (χ0n) is 33.0. The van der Waals surface area contributed by atoms with Gasteiger partial charge in [-0.1, -0.05) is 164 Å². The SMILES string of the molecule is c1ccc(-c2nc(-c3ccccc3)nc(-c3ccc(-c4cc(-c5nc(-c6ccccc6)nc(-c6cccc7c6oc6ccccc67)n5)c5sc6ccccc6c5c4)cc3)n2)cc1. The molecule has 0 spiro atoms. The summed E-state index contributed by atoms with van der Waals surface area (Å²) in [6.45, 7) is 0. The summed E-state index contributed by atoms with van der Waals surface area (Å²) >= 11 is 1.75. The Bertz CT molecular complexity index is 3570. The van der Waals surface area contributed by atoms with E-state index in [1.165, 1.54) is 10.1 Å². The predicted molar refractivity (Wildman–Crippen MR) is 251 cm³/mol. The standard InChI is InChI=1S/C54H32N6OS/c1-4-15-34(16-5-1)49-55-50(35-17-6-2-7-18-35)57-52(56-49)37-29-27-33(28-30-37)38-31-43-40-22-11-13-26-46(40)62-48(43)44(32-38)54-59-51(36-19-8-3-9-20-36)58-53(60-54)42-24-14-23-41-39-21-10-12-25-45(39)61-47(41)42/h1-32H. The van der Waals surface area contributed by atoms with E-state index in [1.54, 1.807) is 11.3 Å². The Hall–Kier alpha value is -8.20. The molecule has 0 fully saturated rings. The lowest BCUT2D eigenvalue weighted by atomic mass is 9.98. The van der Waals surface area contributed by atoms with Crippen molar-refractivity contribution in [1.29, 1.82) is 0 Å². The average molecular weight is 813 g/mol. The molecule has 8 heteroatoms. The molecule has 0 saturated carbocycles. The summed E-state index contributed by atoms with van der Waals surface area (Å²) in [5, 5.41) is 4.39. The predicted octanol–water partition coefficient (Wildman–Crippen LogP) is 14.0. The van der Waals surface area contributed by atoms with Gasteiger partial charge in [0.05, 0.1) is 5.56 Å². The van der Waals surface area contributed by atoms with E-state index in [0.29, 0.717) is 34.9 Å². The van der Waals surface area contributed by atoms with Crippen molar-refractivity contribution in [2.45, 2.75) is 0 Å². The maximum Gasteiger partial charge on any atom is 0.167 e. The molecule has 0 N–H and O–H groups in total. The van der Waals surface area contributed by atoms with Gasteiger partial charge in [0.1, 0.15) is 11.2 Å². The number of benzene rings is 8. The van der Waals surface area contributed by atoms with E-state index in [-0.39, 0.29) is 0 Å². The maximum atomic E-state index is 6.51. The molecule has 0 aliphatic heterocycles. The minimum atomic E-state index is 0.546. The summed E-state index contributed by atoms with van der Waals surface area (Å²) in [5.41, 5.74) is 9.03. The van der Waals surface area contributed by atoms with Crippen molar-refractivity contribution in [2.24, 2.45) is 0 Å². The molecule has 0 aliphatic rings. The third-order valence-electron chi connectivity index (χ3n) is 11.2. The van der Waals surface area contributed by atoms with Crippen LogP contribution in [0.15, 0.2) is 199 Å². The molecule has 0 unspecified atom stereocenters. The Morgan fingerprint density at radius 1 is 0.306 bits per heavy atom. The normalized spacial score (nSPS) is 11.5. The van der Waals surface area contributed by atoms with Crippen LogP contribution in [0.1, 0.15) is 0 Å². The highest BCUT2D eigenvalue weighted by Crippen LogP contribution is 2.43. The van der Waals surface area contributed by atoms with E-state index in [2.05, 4.69) is 72.8 Å². The van der Waals surface area contributed by atoms with Gasteiger partial charge in [-0.05, 0) is 41.5 Å². The van der Waals surface area contributed by atoms with Crippen LogP contribution < -0.4 is 0 Å². The molecular formula is C54H32N6OS. The molecule has 0 aliphatic carbocycles. The van der Waals surface area contributed by atoms with Crippen molar-refractivity contribution in [3.8, 4) is 79.5 Å². The van der Waals surface area contributed by atoms with Crippen LogP contribution in [0.2, 0.25) is 0 Å². The topological polar surface area (TPSA) is 90.5 Å². The maximum absolute atomic E-state index is 6.51. The van der Waals surface area contributed by atoms with Gasteiger partial charge in [-0.2, -0.15) is 0 Å². The fraction of sp³-hybridized carbons (Fsp3) is 0. The van der Waals surface area contributed by atoms with Gasteiger partial charge >= 0.3 is 0 Å². The molecule has 0 atom stereocenters. The molecule has 0 saturated heterocycles. The van der Waals surface area contributed by atoms with Crippen molar-refractivity contribution in [3.05, 3.63) is 194 Å². The third-order valence-corrected chi connectivity index (χ3v) is 12.4. The van der Waals surface area contributed by atoms with Crippen molar-refractivity contribution in [2.75, 3.05) is 0 Å². The average Bonchev–Trinajstić information content (AvgIpc) is 3.93. The van der Waals surface area contributed by atoms with Crippen LogP contribution in [0.4, 0.5) is 0 Å². The molecule has 4 heterocycles. The van der Waals surface area contributed by atoms with Gasteiger partial charge in [0.15, 0.2) is 34.9 Å². The minimum Gasteiger partial charge on any atom is -0.455 e. The molecular weight excluding hydrogens is 781 g/mol. The number of furan rings is 1. The highest BCUT2D eigenvalue weighted by molar-refractivity contribution is 7.26. The smallest absolute Gasteiger partial charge is 0.167 e. The molecule has 0 amide bonds. The van der Waals surface area contributed by atoms with E-state index in [4.69, 9.17) is 34.3 Å². The summed E-state index contributed by atoms with van der Waals surface area (Å²) in [7, 11) is 0. The van der Waals surface area contributed by atoms with Crippen LogP contribution in [0.3, 0.4) is 0 Å². The number of hydrogen-bond donors (Lipinski definition) is 0. The quantitative estimate of drug-likeness (QED) is 0.158. The van der Waals surface area contributed by atoms with Gasteiger partial charge in [0.25, 0.3) is 0 Å². The van der Waals surface area contributed by atoms with Crippen LogP contribution >= 0.6 is 11.3 Å². The third kappa shape index (κ3) is 6.29. The molecule has 290 valence electrons. The van der Waals surface area contributed by atoms with Crippen molar-refractivity contribution in [1.82, 2.24) is 29.9 Å². The summed E-state index contributed by atoms with van der Waals surface area (Å²) in [6, 6.07) is 66.0. The molecule has 7 nitrogen and oxygen atoms in total. The molecule has 12 rings (SSSR count). The number of nitrogens with zero attached hydrogens (tertiary/aromatic N) is 6. The molecule has 62 heavy (non-hydrogen) atoms. The minimum absolute atomic E-state index is 0.546. The van der Waals surface area contributed by atoms with Crippen LogP contribution in [0.25, 0.3) is 122 Å². The number of hydrogen-bond acceptors (Lipinski definition) is 8. The first kappa shape index (κ1) is 35.7. The fourth-order valence-electron chi connectivity index (χ4n) is 8.17. The first-order valence-electron chi connectivity index (χ1n) is 20.4. The Morgan fingerprint density at radius 2 is 0.774 bits per heavy atom. The number of aromatic nitrogens is 6. The summed E-state index contributed by atoms with van der Waals surface area (Å²) in [4.78, 5) is 30.5. The highest BCUT2D eigenvalue weighted by Gasteiger charge is 2.21. The zero-order valence-corrected chi connectivity index (χ0v) is 33.8. The van der Waals surface area contributed by atoms with Crippen LogP contribution in [0, 0.1) is 0 Å². The lowest BCUT2D eigenvalue weighted by Gasteiger charge is -2.12. The number of fused-ring (bicyclic) bond motifs is 6. The number of thiophene rings is 1. The largest absolute Gasteiger partial charge is 0.455 e. The van der Waals surface area contributed by atoms with Crippen LogP contribution in [-0.2, 0) is 0 Å². The second kappa shape index (κ2) is 14.8. The summed E-state index contributed by atoms with van der Waals surface area (Å²) in [5.74, 6) is 3.58. The van der Waals surface area contributed by atoms with E-state index in [1.807, 2.05) is 121 Å². The van der Waals surface area contributed by atoms with Crippen molar-refractivity contribution in [3.63, 3.8) is 0 Å². The second-order valence-corrected chi connectivity index (χ2v) is 16.1. The zero-order chi connectivity index (χ0) is 41.0. The lowest BCUT2D eigenvalue weighted by Crippen LogP contribution is -2.01. The molecule has 0 bridgehead atoms. The first-order valence-corrected chi connectivity index (χ1v) is 21.2. The van der Waals surface area contributed by atoms with Gasteiger partial charge in [-0.25, -0.2) is 29.9 Å². The van der Waals surface area contributed by atoms with Crippen molar-refractivity contribution >= 4 is 53.4 Å². The second-order valence-electron chi connectivity index (χ2n) is 15.1. The van der Waals surface area contributed by atoms with E-state index in [0.717, 1.165) is 76.5 Å². The van der Waals surface area contributed by atoms with E-state index < -0.39 is 0 Å². The van der Waals surface area contributed by atoms with Gasteiger partial charge < -0.3 is 4.42 Å². The summed E-state index contributed by atoms with van der Waals surface area (Å²) < 4.78 is 8.81. The highest BCUT2D eigenvalue weighted by atomic mass is 32.1. The lowest BCUT2D eigenvalue weighted by molar-refractivity contribution is 0.669. The van der Waals surface area contributed by atoms with E-state index >= 15 is 0 Å². The monoisotopic (exact) mass is 812 g/mol. The van der Waals surface area contributed by atoms with Gasteiger partial charge in [-0.3, -0.25) is 0 Å². The van der Waals surface area contributed by atoms with E-state index in [9.17, 15) is 0 Å². The Balaban J connectivity index is 1.03. The summed E-state index contributed by atoms with van der Waals surface area (Å²) in [6.07, 6.45) is 0. The van der Waals surface area contributed by atoms with Gasteiger partial charge in [0, 0.05) is 58.8 Å². The molecule has 4 aromatic heterocycles. The number of rotatable bonds is 7. The Labute approximate surface area is 359 Å². The van der Waals surface area contributed by atoms with Gasteiger partial charge in [0.2, 0.25) is 0 Å². The number of para-hydroxylation sites is 2. The van der Waals surface area contributed by atoms with Crippen LogP contribution in [0.5, 0.6) is 0 Å². The molecule has 12 aromatic rings. The Kier molecular flexibility index (Phi) is 8.53. The fourth-order valence-corrected chi connectivity index (χ4v) is 9.36. The Morgan fingerprint density at radius 3 is 1.40 bits per heavy atom. The molecule has 8 aromatic carbocycles. The van der Waals surface area contributed by atoms with Crippen LogP contribution in [-0.4, -0.2) is 29.9 Å². The molecule has 0 radical (unpaired) electrons.